The van der Waals surface area contributed by atoms with Crippen molar-refractivity contribution in [3.63, 3.8) is 0 Å². The van der Waals surface area contributed by atoms with Gasteiger partial charge in [-0.25, -0.2) is 4.79 Å². The van der Waals surface area contributed by atoms with Gasteiger partial charge >= 0.3 is 12.1 Å². The van der Waals surface area contributed by atoms with Crippen LogP contribution in [-0.4, -0.2) is 34.9 Å². The lowest BCUT2D eigenvalue weighted by atomic mass is 10.1. The Morgan fingerprint density at radius 2 is 2.07 bits per heavy atom. The van der Waals surface area contributed by atoms with E-state index >= 15 is 0 Å². The van der Waals surface area contributed by atoms with Crippen LogP contribution in [0.2, 0.25) is 5.02 Å². The molecule has 154 valence electrons. The van der Waals surface area contributed by atoms with Gasteiger partial charge < -0.3 is 14.7 Å². The molecular formula is C19H17ClF3N3O3. The molecule has 1 fully saturated rings. The highest BCUT2D eigenvalue weighted by atomic mass is 35.5. The maximum absolute atomic E-state index is 12.9. The van der Waals surface area contributed by atoms with Crippen molar-refractivity contribution in [1.29, 1.82) is 0 Å². The summed E-state index contributed by atoms with van der Waals surface area (Å²) in [7, 11) is 0. The first kappa shape index (κ1) is 20.8. The number of alkyl halides is 3. The average molecular weight is 428 g/mol. The predicted octanol–water partition coefficient (Wildman–Crippen LogP) is 4.41. The van der Waals surface area contributed by atoms with Gasteiger partial charge in [0.15, 0.2) is 0 Å². The van der Waals surface area contributed by atoms with E-state index in [4.69, 9.17) is 16.3 Å². The monoisotopic (exact) mass is 427 g/mol. The van der Waals surface area contributed by atoms with Crippen LogP contribution in [0.1, 0.15) is 24.2 Å². The third-order valence-corrected chi connectivity index (χ3v) is 4.65. The van der Waals surface area contributed by atoms with Crippen LogP contribution in [0.4, 0.5) is 18.9 Å². The van der Waals surface area contributed by atoms with Gasteiger partial charge in [0.25, 0.3) is 0 Å². The van der Waals surface area contributed by atoms with Crippen LogP contribution in [0.5, 0.6) is 5.75 Å². The SMILES string of the molecule is CCN1C[C@@H](c2cccc(O)c2)OC(=O)/C1=N\Nc1cc(C(F)(F)F)ccc1Cl. The molecule has 2 aromatic rings. The van der Waals surface area contributed by atoms with Crippen LogP contribution >= 0.6 is 11.6 Å². The van der Waals surface area contributed by atoms with Gasteiger partial charge in [-0.05, 0) is 42.8 Å². The van der Waals surface area contributed by atoms with Gasteiger partial charge in [-0.3, -0.25) is 5.43 Å². The van der Waals surface area contributed by atoms with Gasteiger partial charge in [0.1, 0.15) is 11.9 Å². The zero-order valence-electron chi connectivity index (χ0n) is 15.2. The normalized spacial score (nSPS) is 18.7. The fourth-order valence-electron chi connectivity index (χ4n) is 2.83. The summed E-state index contributed by atoms with van der Waals surface area (Å²) in [6.07, 6.45) is -5.16. The molecule has 0 saturated carbocycles. The number of amidine groups is 1. The molecule has 1 aliphatic rings. The fraction of sp³-hybridized carbons (Fsp3) is 0.263. The van der Waals surface area contributed by atoms with Gasteiger partial charge in [0.2, 0.25) is 5.84 Å². The van der Waals surface area contributed by atoms with Crippen molar-refractivity contribution in [3.8, 4) is 5.75 Å². The topological polar surface area (TPSA) is 74.2 Å². The second-order valence-electron chi connectivity index (χ2n) is 6.27. The number of cyclic esters (lactones) is 1. The number of aromatic hydroxyl groups is 1. The van der Waals surface area contributed by atoms with E-state index in [2.05, 4.69) is 10.5 Å². The smallest absolute Gasteiger partial charge is 0.416 e. The van der Waals surface area contributed by atoms with Crippen molar-refractivity contribution in [2.75, 3.05) is 18.5 Å². The van der Waals surface area contributed by atoms with Crippen molar-refractivity contribution in [2.45, 2.75) is 19.2 Å². The first-order valence-corrected chi connectivity index (χ1v) is 9.02. The molecule has 1 heterocycles. The summed E-state index contributed by atoms with van der Waals surface area (Å²) in [5, 5.41) is 13.6. The van der Waals surface area contributed by atoms with E-state index in [1.54, 1.807) is 24.0 Å². The molecule has 0 spiro atoms. The minimum absolute atomic E-state index is 0.0206. The number of phenolic OH excluding ortho intramolecular Hbond substituents is 1. The van der Waals surface area contributed by atoms with Gasteiger partial charge in [0.05, 0.1) is 22.8 Å². The third kappa shape index (κ3) is 4.73. The molecule has 6 nitrogen and oxygen atoms in total. The van der Waals surface area contributed by atoms with E-state index in [9.17, 15) is 23.1 Å². The lowest BCUT2D eigenvalue weighted by Gasteiger charge is -2.33. The fourth-order valence-corrected chi connectivity index (χ4v) is 2.99. The maximum Gasteiger partial charge on any atom is 0.416 e. The highest BCUT2D eigenvalue weighted by Crippen LogP contribution is 2.34. The number of esters is 1. The number of nitrogens with one attached hydrogen (secondary N) is 1. The first-order valence-electron chi connectivity index (χ1n) is 8.64. The number of nitrogens with zero attached hydrogens (tertiary/aromatic N) is 2. The lowest BCUT2D eigenvalue weighted by Crippen LogP contribution is -2.46. The van der Waals surface area contributed by atoms with Crippen LogP contribution < -0.4 is 5.43 Å². The molecule has 0 aliphatic carbocycles. The van der Waals surface area contributed by atoms with Crippen LogP contribution in [0.25, 0.3) is 0 Å². The Bertz CT molecular complexity index is 950. The number of likely N-dealkylation sites (N-methyl/N-ethyl adjacent to an activating group) is 1. The van der Waals surface area contributed by atoms with Crippen LogP contribution in [-0.2, 0) is 15.7 Å². The minimum Gasteiger partial charge on any atom is -0.508 e. The van der Waals surface area contributed by atoms with Crippen molar-refractivity contribution in [1.82, 2.24) is 4.90 Å². The van der Waals surface area contributed by atoms with Crippen LogP contribution in [0, 0.1) is 0 Å². The zero-order valence-corrected chi connectivity index (χ0v) is 16.0. The molecular weight excluding hydrogens is 411 g/mol. The molecule has 1 atom stereocenters. The van der Waals surface area contributed by atoms with E-state index < -0.39 is 23.8 Å². The van der Waals surface area contributed by atoms with Crippen LogP contribution in [0.15, 0.2) is 47.6 Å². The number of halogens is 4. The average Bonchev–Trinajstić information content (AvgIpc) is 2.66. The van der Waals surface area contributed by atoms with Crippen molar-refractivity contribution in [3.05, 3.63) is 58.6 Å². The van der Waals surface area contributed by atoms with E-state index in [-0.39, 0.29) is 28.8 Å². The number of rotatable bonds is 4. The first-order chi connectivity index (χ1) is 13.7. The molecule has 2 aromatic carbocycles. The Kier molecular flexibility index (Phi) is 5.88. The van der Waals surface area contributed by atoms with Crippen molar-refractivity contribution >= 4 is 29.1 Å². The van der Waals surface area contributed by atoms with E-state index in [0.717, 1.165) is 18.2 Å². The largest absolute Gasteiger partial charge is 0.508 e. The number of benzene rings is 2. The Labute approximate surface area is 169 Å². The number of carbonyl (C=O) groups excluding carboxylic acids is 1. The third-order valence-electron chi connectivity index (χ3n) is 4.32. The quantitative estimate of drug-likeness (QED) is 0.558. The number of hydrogen-bond donors (Lipinski definition) is 2. The second-order valence-corrected chi connectivity index (χ2v) is 6.67. The molecule has 10 heteroatoms. The highest BCUT2D eigenvalue weighted by molar-refractivity contribution is 6.36. The second kappa shape index (κ2) is 8.20. The standard InChI is InChI=1S/C19H17ClF3N3O3/c1-2-26-10-16(11-4-3-5-13(27)8-11)29-18(28)17(26)25-24-15-9-12(19(21,22)23)6-7-14(15)20/h3-9,16,24,27H,2,10H2,1H3/b25-17+/t16-/m0/s1. The van der Waals surface area contributed by atoms with E-state index in [1.165, 1.54) is 12.1 Å². The predicted molar refractivity (Wildman–Crippen MR) is 102 cm³/mol. The summed E-state index contributed by atoms with van der Waals surface area (Å²) in [6, 6.07) is 9.11. The number of anilines is 1. The summed E-state index contributed by atoms with van der Waals surface area (Å²) < 4.78 is 44.1. The number of phenols is 1. The molecule has 29 heavy (non-hydrogen) atoms. The van der Waals surface area contributed by atoms with Gasteiger partial charge in [-0.2, -0.15) is 13.2 Å². The number of carbonyl (C=O) groups is 1. The maximum atomic E-state index is 12.9. The summed E-state index contributed by atoms with van der Waals surface area (Å²) in [5.74, 6) is -0.790. The molecule has 0 bridgehead atoms. The Hall–Kier alpha value is -2.94. The Morgan fingerprint density at radius 1 is 1.31 bits per heavy atom. The number of ether oxygens (including phenoxy) is 1. The summed E-state index contributed by atoms with van der Waals surface area (Å²) in [6.45, 7) is 2.47. The number of morpholine rings is 1. The van der Waals surface area contributed by atoms with Gasteiger partial charge in [0, 0.05) is 6.54 Å². The Morgan fingerprint density at radius 3 is 2.72 bits per heavy atom. The molecule has 0 aromatic heterocycles. The number of hydrogen-bond acceptors (Lipinski definition) is 5. The van der Waals surface area contributed by atoms with Gasteiger partial charge in [-0.1, -0.05) is 23.7 Å². The Balaban J connectivity index is 1.82. The molecule has 2 N–H and O–H groups in total. The molecule has 0 unspecified atom stereocenters. The molecule has 1 aliphatic heterocycles. The minimum atomic E-state index is -4.54. The molecule has 3 rings (SSSR count). The van der Waals surface area contributed by atoms with Crippen LogP contribution in [0.3, 0.4) is 0 Å². The highest BCUT2D eigenvalue weighted by Gasteiger charge is 2.34. The van der Waals surface area contributed by atoms with E-state index in [0.29, 0.717) is 12.1 Å². The molecule has 1 saturated heterocycles. The zero-order chi connectivity index (χ0) is 21.2. The molecule has 0 amide bonds. The summed E-state index contributed by atoms with van der Waals surface area (Å²) in [5.41, 5.74) is 2.06. The van der Waals surface area contributed by atoms with Crippen molar-refractivity contribution < 1.29 is 27.8 Å². The summed E-state index contributed by atoms with van der Waals surface area (Å²) in [4.78, 5) is 14.1. The van der Waals surface area contributed by atoms with E-state index in [1.807, 2.05) is 0 Å². The van der Waals surface area contributed by atoms with Crippen molar-refractivity contribution in [2.24, 2.45) is 5.10 Å². The lowest BCUT2D eigenvalue weighted by molar-refractivity contribution is -0.146. The number of hydrazone groups is 1. The van der Waals surface area contributed by atoms with Gasteiger partial charge in [-0.15, -0.1) is 5.10 Å². The summed E-state index contributed by atoms with van der Waals surface area (Å²) >= 11 is 5.94. The molecule has 0 radical (unpaired) electrons.